The number of aromatic amines is 1. The number of anilines is 1. The topological polar surface area (TPSA) is 123 Å². The van der Waals surface area contributed by atoms with Crippen LogP contribution in [0.1, 0.15) is 42.1 Å². The molecule has 2 aromatic heterocycles. The van der Waals surface area contributed by atoms with Gasteiger partial charge >= 0.3 is 0 Å². The predicted molar refractivity (Wildman–Crippen MR) is 118 cm³/mol. The molecule has 9 heteroatoms. The number of aromatic nitrogens is 3. The van der Waals surface area contributed by atoms with Crippen LogP contribution in [-0.2, 0) is 9.53 Å². The molecule has 8 nitrogen and oxygen atoms in total. The minimum Gasteiger partial charge on any atom is -0.376 e. The summed E-state index contributed by atoms with van der Waals surface area (Å²) in [6, 6.07) is 6.97. The number of primary amides is 1. The molecule has 1 aromatic carbocycles. The van der Waals surface area contributed by atoms with Crippen LogP contribution in [0.4, 0.5) is 5.82 Å². The normalized spacial score (nSPS) is 19.8. The number of benzene rings is 1. The lowest BCUT2D eigenvalue weighted by molar-refractivity contribution is -0.120. The van der Waals surface area contributed by atoms with Crippen molar-refractivity contribution in [3.63, 3.8) is 0 Å². The van der Waals surface area contributed by atoms with Crippen LogP contribution in [0.5, 0.6) is 0 Å². The summed E-state index contributed by atoms with van der Waals surface area (Å²) in [7, 11) is 0. The molecule has 0 radical (unpaired) electrons. The van der Waals surface area contributed by atoms with Crippen LogP contribution >= 0.6 is 11.6 Å². The summed E-state index contributed by atoms with van der Waals surface area (Å²) < 4.78 is 5.98. The van der Waals surface area contributed by atoms with E-state index < -0.39 is 0 Å². The van der Waals surface area contributed by atoms with Gasteiger partial charge in [-0.25, -0.2) is 9.97 Å². The summed E-state index contributed by atoms with van der Waals surface area (Å²) in [6.07, 6.45) is 5.05. The fraction of sp³-hybridized carbons (Fsp3) is 0.364. The zero-order chi connectivity index (χ0) is 22.0. The zero-order valence-corrected chi connectivity index (χ0v) is 17.9. The monoisotopic (exact) mass is 441 g/mol. The predicted octanol–water partition coefficient (Wildman–Crippen LogP) is 3.31. The molecule has 3 atom stereocenters. The largest absolute Gasteiger partial charge is 0.376 e. The van der Waals surface area contributed by atoms with E-state index in [4.69, 9.17) is 22.1 Å². The molecule has 1 aliphatic rings. The van der Waals surface area contributed by atoms with Crippen LogP contribution in [0.3, 0.4) is 0 Å². The summed E-state index contributed by atoms with van der Waals surface area (Å²) in [5, 5.41) is 4.41. The van der Waals surface area contributed by atoms with Gasteiger partial charge in [-0.2, -0.15) is 0 Å². The first-order valence-electron chi connectivity index (χ1n) is 10.2. The highest BCUT2D eigenvalue weighted by Gasteiger charge is 2.28. The molecular weight excluding hydrogens is 418 g/mol. The van der Waals surface area contributed by atoms with Crippen molar-refractivity contribution in [1.29, 1.82) is 0 Å². The maximum absolute atomic E-state index is 13.1. The maximum atomic E-state index is 13.1. The molecule has 1 aliphatic heterocycles. The van der Waals surface area contributed by atoms with Crippen molar-refractivity contribution in [2.24, 2.45) is 11.7 Å². The highest BCUT2D eigenvalue weighted by atomic mass is 35.5. The molecule has 0 bridgehead atoms. The van der Waals surface area contributed by atoms with E-state index in [9.17, 15) is 9.59 Å². The van der Waals surface area contributed by atoms with Crippen molar-refractivity contribution < 1.29 is 14.3 Å². The Morgan fingerprint density at radius 1 is 1.29 bits per heavy atom. The Morgan fingerprint density at radius 2 is 2.10 bits per heavy atom. The molecule has 162 valence electrons. The number of H-pyrrole nitrogens is 1. The van der Waals surface area contributed by atoms with Gasteiger partial charge in [0.15, 0.2) is 5.78 Å². The van der Waals surface area contributed by atoms with Crippen LogP contribution in [0.15, 0.2) is 36.8 Å². The average molecular weight is 442 g/mol. The Bertz CT molecular complexity index is 1110. The number of halogens is 1. The van der Waals surface area contributed by atoms with E-state index in [-0.39, 0.29) is 29.8 Å². The number of carbonyl (C=O) groups is 2. The van der Waals surface area contributed by atoms with Gasteiger partial charge in [-0.05, 0) is 30.9 Å². The third-order valence-corrected chi connectivity index (χ3v) is 5.97. The number of carbonyl (C=O) groups excluding carboxylic acids is 2. The molecule has 1 saturated heterocycles. The van der Waals surface area contributed by atoms with Crippen molar-refractivity contribution in [2.45, 2.75) is 38.3 Å². The van der Waals surface area contributed by atoms with Crippen LogP contribution < -0.4 is 11.1 Å². The molecule has 0 aliphatic carbocycles. The van der Waals surface area contributed by atoms with Gasteiger partial charge in [-0.1, -0.05) is 30.7 Å². The Hall–Kier alpha value is -2.97. The van der Waals surface area contributed by atoms with Crippen molar-refractivity contribution in [3.05, 3.63) is 52.9 Å². The standard InChI is InChI=1S/C22H24ClN5O3/c1-12(8-18(24)29)17-7-6-13(10-31-17)28-22-19-15(9-25-21(19)26-11-27-22)20(30)14-4-2-3-5-16(14)23/h2-5,9,11-13,17H,6-8,10H2,1H3,(H2,24,29)(H2,25,26,27,28)/t12-,13+,17-/m0/s1. The van der Waals surface area contributed by atoms with E-state index in [0.29, 0.717) is 46.0 Å². The van der Waals surface area contributed by atoms with Crippen molar-refractivity contribution in [1.82, 2.24) is 15.0 Å². The Balaban J connectivity index is 1.53. The second-order valence-corrected chi connectivity index (χ2v) is 8.30. The van der Waals surface area contributed by atoms with Gasteiger partial charge in [0, 0.05) is 18.2 Å². The zero-order valence-electron chi connectivity index (χ0n) is 17.1. The van der Waals surface area contributed by atoms with Crippen molar-refractivity contribution >= 4 is 40.1 Å². The number of fused-ring (bicyclic) bond motifs is 1. The minimum absolute atomic E-state index is 0.000544. The number of hydrogen-bond donors (Lipinski definition) is 3. The van der Waals surface area contributed by atoms with Crippen LogP contribution in [0.2, 0.25) is 5.02 Å². The van der Waals surface area contributed by atoms with Crippen LogP contribution in [0, 0.1) is 5.92 Å². The first-order valence-corrected chi connectivity index (χ1v) is 10.6. The van der Waals surface area contributed by atoms with E-state index in [1.807, 2.05) is 6.92 Å². The van der Waals surface area contributed by atoms with Crippen LogP contribution in [0.25, 0.3) is 11.0 Å². The smallest absolute Gasteiger partial charge is 0.217 e. The number of amides is 1. The lowest BCUT2D eigenvalue weighted by atomic mass is 9.93. The summed E-state index contributed by atoms with van der Waals surface area (Å²) in [5.41, 5.74) is 6.75. The molecule has 0 spiro atoms. The van der Waals surface area contributed by atoms with Crippen LogP contribution in [-0.4, -0.2) is 45.4 Å². The van der Waals surface area contributed by atoms with E-state index >= 15 is 0 Å². The quantitative estimate of drug-likeness (QED) is 0.483. The van der Waals surface area contributed by atoms with Crippen molar-refractivity contribution in [2.75, 3.05) is 11.9 Å². The van der Waals surface area contributed by atoms with E-state index in [1.165, 1.54) is 6.33 Å². The second-order valence-electron chi connectivity index (χ2n) is 7.90. The van der Waals surface area contributed by atoms with E-state index in [0.717, 1.165) is 12.8 Å². The molecule has 31 heavy (non-hydrogen) atoms. The fourth-order valence-electron chi connectivity index (χ4n) is 4.02. The third kappa shape index (κ3) is 4.55. The molecule has 4 N–H and O–H groups in total. The lowest BCUT2D eigenvalue weighted by Gasteiger charge is -2.33. The molecule has 3 heterocycles. The highest BCUT2D eigenvalue weighted by molar-refractivity contribution is 6.35. The van der Waals surface area contributed by atoms with E-state index in [1.54, 1.807) is 30.5 Å². The Morgan fingerprint density at radius 3 is 2.81 bits per heavy atom. The summed E-state index contributed by atoms with van der Waals surface area (Å²) in [6.45, 7) is 2.45. The van der Waals surface area contributed by atoms with Gasteiger partial charge in [0.05, 0.1) is 34.7 Å². The Labute approximate surface area is 184 Å². The summed E-state index contributed by atoms with van der Waals surface area (Å²) in [5.74, 6) is 0.130. The molecule has 1 amide bonds. The number of nitrogens with zero attached hydrogens (tertiary/aromatic N) is 2. The third-order valence-electron chi connectivity index (χ3n) is 5.64. The molecule has 0 saturated carbocycles. The minimum atomic E-state index is -0.317. The summed E-state index contributed by atoms with van der Waals surface area (Å²) in [4.78, 5) is 36.0. The maximum Gasteiger partial charge on any atom is 0.217 e. The van der Waals surface area contributed by atoms with Gasteiger partial charge < -0.3 is 20.8 Å². The molecular formula is C22H24ClN5O3. The first kappa shape index (κ1) is 21.3. The number of ether oxygens (including phenoxy) is 1. The first-order chi connectivity index (χ1) is 14.9. The average Bonchev–Trinajstić information content (AvgIpc) is 3.19. The number of rotatable bonds is 7. The summed E-state index contributed by atoms with van der Waals surface area (Å²) >= 11 is 6.23. The van der Waals surface area contributed by atoms with Gasteiger partial charge in [0.1, 0.15) is 17.8 Å². The number of nitrogens with two attached hydrogens (primary N) is 1. The number of nitrogens with one attached hydrogen (secondary N) is 2. The molecule has 0 unspecified atom stereocenters. The van der Waals surface area contributed by atoms with E-state index in [2.05, 4.69) is 20.3 Å². The number of ketones is 1. The highest BCUT2D eigenvalue weighted by Crippen LogP contribution is 2.30. The van der Waals surface area contributed by atoms with Gasteiger partial charge in [-0.15, -0.1) is 0 Å². The van der Waals surface area contributed by atoms with Gasteiger partial charge in [0.2, 0.25) is 5.91 Å². The fourth-order valence-corrected chi connectivity index (χ4v) is 4.24. The second kappa shape index (κ2) is 9.03. The lowest BCUT2D eigenvalue weighted by Crippen LogP contribution is -2.38. The molecule has 1 fully saturated rings. The van der Waals surface area contributed by atoms with Crippen molar-refractivity contribution in [3.8, 4) is 0 Å². The van der Waals surface area contributed by atoms with Gasteiger partial charge in [-0.3, -0.25) is 9.59 Å². The molecule has 3 aromatic rings. The SMILES string of the molecule is C[C@@H](CC(N)=O)[C@@H]1CC[C@@H](Nc2ncnc3[nH]cc(C(=O)c4ccccc4Cl)c23)CO1. The molecule has 4 rings (SSSR count). The van der Waals surface area contributed by atoms with Gasteiger partial charge in [0.25, 0.3) is 0 Å². The number of hydrogen-bond acceptors (Lipinski definition) is 6. The Kier molecular flexibility index (Phi) is 6.20.